The minimum Gasteiger partial charge on any atom is -0.481 e. The predicted molar refractivity (Wildman–Crippen MR) is 77.7 cm³/mol. The Labute approximate surface area is 124 Å². The van der Waals surface area contributed by atoms with E-state index in [1.165, 1.54) is 0 Å². The van der Waals surface area contributed by atoms with E-state index in [0.717, 1.165) is 19.3 Å². The molecule has 1 heterocycles. The fourth-order valence-corrected chi connectivity index (χ4v) is 3.01. The van der Waals surface area contributed by atoms with Gasteiger partial charge in [-0.3, -0.25) is 9.59 Å². The van der Waals surface area contributed by atoms with E-state index in [1.54, 1.807) is 12.5 Å². The maximum absolute atomic E-state index is 12.2. The lowest BCUT2D eigenvalue weighted by Gasteiger charge is -2.19. The van der Waals surface area contributed by atoms with Gasteiger partial charge < -0.3 is 15.0 Å². The highest BCUT2D eigenvalue weighted by Gasteiger charge is 2.30. The number of carbonyl (C=O) groups excluding carboxylic acids is 1. The standard InChI is InChI=1S/C15H23N3O3/c1-2-3-13(18-7-6-16-10-18)9-14(19)17-12-5-4-11(8-12)15(20)21/h6-7,10-13H,2-5,8-9H2,1H3,(H,17,19)(H,20,21)/t11-,12+,13?/m1/s1. The second-order valence-corrected chi connectivity index (χ2v) is 5.77. The van der Waals surface area contributed by atoms with E-state index in [1.807, 2.05) is 10.8 Å². The van der Waals surface area contributed by atoms with E-state index in [9.17, 15) is 9.59 Å². The first-order valence-corrected chi connectivity index (χ1v) is 7.59. The molecule has 2 rings (SSSR count). The van der Waals surface area contributed by atoms with Gasteiger partial charge in [0.05, 0.1) is 12.2 Å². The number of aliphatic carboxylic acids is 1. The maximum Gasteiger partial charge on any atom is 0.306 e. The van der Waals surface area contributed by atoms with Crippen molar-refractivity contribution in [2.45, 2.75) is 57.5 Å². The van der Waals surface area contributed by atoms with Crippen molar-refractivity contribution in [3.8, 4) is 0 Å². The zero-order valence-corrected chi connectivity index (χ0v) is 12.4. The number of nitrogens with zero attached hydrogens (tertiary/aromatic N) is 2. The largest absolute Gasteiger partial charge is 0.481 e. The van der Waals surface area contributed by atoms with E-state index >= 15 is 0 Å². The quantitative estimate of drug-likeness (QED) is 0.805. The summed E-state index contributed by atoms with van der Waals surface area (Å²) in [5, 5.41) is 12.0. The predicted octanol–water partition coefficient (Wildman–Crippen LogP) is 1.98. The van der Waals surface area contributed by atoms with Crippen molar-refractivity contribution < 1.29 is 14.7 Å². The van der Waals surface area contributed by atoms with Gasteiger partial charge in [-0.2, -0.15) is 0 Å². The molecule has 2 N–H and O–H groups in total. The van der Waals surface area contributed by atoms with Gasteiger partial charge in [-0.1, -0.05) is 13.3 Å². The molecular weight excluding hydrogens is 270 g/mol. The Morgan fingerprint density at radius 1 is 1.48 bits per heavy atom. The van der Waals surface area contributed by atoms with Crippen LogP contribution in [0.4, 0.5) is 0 Å². The van der Waals surface area contributed by atoms with Crippen molar-refractivity contribution in [1.29, 1.82) is 0 Å². The Hall–Kier alpha value is -1.85. The molecule has 1 unspecified atom stereocenters. The summed E-state index contributed by atoms with van der Waals surface area (Å²) in [7, 11) is 0. The van der Waals surface area contributed by atoms with Gasteiger partial charge in [0, 0.05) is 30.9 Å². The fraction of sp³-hybridized carbons (Fsp3) is 0.667. The van der Waals surface area contributed by atoms with E-state index in [2.05, 4.69) is 17.2 Å². The number of aromatic nitrogens is 2. The molecule has 1 aromatic rings. The third kappa shape index (κ3) is 4.31. The second-order valence-electron chi connectivity index (χ2n) is 5.77. The second kappa shape index (κ2) is 7.24. The maximum atomic E-state index is 12.2. The van der Waals surface area contributed by atoms with Crippen LogP contribution >= 0.6 is 0 Å². The minimum atomic E-state index is -0.756. The Kier molecular flexibility index (Phi) is 5.36. The molecule has 0 bridgehead atoms. The van der Waals surface area contributed by atoms with Gasteiger partial charge in [-0.15, -0.1) is 0 Å². The zero-order chi connectivity index (χ0) is 15.2. The average Bonchev–Trinajstić information content (AvgIpc) is 3.09. The van der Waals surface area contributed by atoms with Crippen LogP contribution in [-0.2, 0) is 9.59 Å². The molecular formula is C15H23N3O3. The molecule has 1 aliphatic carbocycles. The molecule has 0 aromatic carbocycles. The lowest BCUT2D eigenvalue weighted by atomic mass is 10.1. The number of hydrogen-bond donors (Lipinski definition) is 2. The number of hydrogen-bond acceptors (Lipinski definition) is 3. The van der Waals surface area contributed by atoms with Gasteiger partial charge >= 0.3 is 5.97 Å². The van der Waals surface area contributed by atoms with Crippen molar-refractivity contribution in [1.82, 2.24) is 14.9 Å². The number of rotatable bonds is 7. The molecule has 3 atom stereocenters. The van der Waals surface area contributed by atoms with Gasteiger partial charge in [0.2, 0.25) is 5.91 Å². The number of carboxylic acid groups (broad SMARTS) is 1. The van der Waals surface area contributed by atoms with Gasteiger partial charge in [0.15, 0.2) is 0 Å². The first kappa shape index (κ1) is 15.5. The van der Waals surface area contributed by atoms with Crippen LogP contribution in [0.15, 0.2) is 18.7 Å². The van der Waals surface area contributed by atoms with Crippen LogP contribution < -0.4 is 5.32 Å². The molecule has 0 aliphatic heterocycles. The van der Waals surface area contributed by atoms with Crippen LogP contribution in [0.5, 0.6) is 0 Å². The monoisotopic (exact) mass is 293 g/mol. The summed E-state index contributed by atoms with van der Waals surface area (Å²) in [5.74, 6) is -1.07. The van der Waals surface area contributed by atoms with Crippen LogP contribution in [-0.4, -0.2) is 32.6 Å². The molecule has 21 heavy (non-hydrogen) atoms. The summed E-state index contributed by atoms with van der Waals surface area (Å²) >= 11 is 0. The molecule has 1 saturated carbocycles. The molecule has 1 amide bonds. The number of carbonyl (C=O) groups is 2. The van der Waals surface area contributed by atoms with Crippen LogP contribution in [0.2, 0.25) is 0 Å². The first-order valence-electron chi connectivity index (χ1n) is 7.59. The van der Waals surface area contributed by atoms with Gasteiger partial charge in [0.1, 0.15) is 0 Å². The Morgan fingerprint density at radius 3 is 2.86 bits per heavy atom. The van der Waals surface area contributed by atoms with Gasteiger partial charge in [-0.25, -0.2) is 4.98 Å². The molecule has 116 valence electrons. The highest BCUT2D eigenvalue weighted by Crippen LogP contribution is 2.26. The van der Waals surface area contributed by atoms with E-state index in [4.69, 9.17) is 5.11 Å². The topological polar surface area (TPSA) is 84.2 Å². The number of nitrogens with one attached hydrogen (secondary N) is 1. The normalized spacial score (nSPS) is 22.9. The van der Waals surface area contributed by atoms with Crippen molar-refractivity contribution in [3.63, 3.8) is 0 Å². The van der Waals surface area contributed by atoms with Crippen molar-refractivity contribution >= 4 is 11.9 Å². The van der Waals surface area contributed by atoms with Crippen LogP contribution in [0.3, 0.4) is 0 Å². The molecule has 0 radical (unpaired) electrons. The lowest BCUT2D eigenvalue weighted by Crippen LogP contribution is -2.34. The third-order valence-corrected chi connectivity index (χ3v) is 4.14. The van der Waals surface area contributed by atoms with E-state index in [-0.39, 0.29) is 23.9 Å². The Balaban J connectivity index is 1.84. The highest BCUT2D eigenvalue weighted by atomic mass is 16.4. The van der Waals surface area contributed by atoms with Crippen LogP contribution in [0.25, 0.3) is 0 Å². The summed E-state index contributed by atoms with van der Waals surface area (Å²) in [6.45, 7) is 2.09. The van der Waals surface area contributed by atoms with Crippen LogP contribution in [0.1, 0.15) is 51.5 Å². The molecule has 1 aromatic heterocycles. The van der Waals surface area contributed by atoms with Crippen LogP contribution in [0, 0.1) is 5.92 Å². The molecule has 6 heteroatoms. The summed E-state index contributed by atoms with van der Waals surface area (Å²) in [4.78, 5) is 27.1. The fourth-order valence-electron chi connectivity index (χ4n) is 3.01. The summed E-state index contributed by atoms with van der Waals surface area (Å²) in [6, 6.07) is 0.123. The molecule has 1 aliphatic rings. The van der Waals surface area contributed by atoms with Gasteiger partial charge in [-0.05, 0) is 25.7 Å². The summed E-state index contributed by atoms with van der Waals surface area (Å²) < 4.78 is 1.97. The number of amides is 1. The summed E-state index contributed by atoms with van der Waals surface area (Å²) in [6.07, 6.45) is 9.63. The lowest BCUT2D eigenvalue weighted by molar-refractivity contribution is -0.141. The zero-order valence-electron chi connectivity index (χ0n) is 12.4. The smallest absolute Gasteiger partial charge is 0.306 e. The number of carboxylic acids is 1. The van der Waals surface area contributed by atoms with Gasteiger partial charge in [0.25, 0.3) is 0 Å². The molecule has 0 saturated heterocycles. The Bertz CT molecular complexity index is 473. The SMILES string of the molecule is CCCC(CC(=O)N[C@H]1CC[C@@H](C(=O)O)C1)n1ccnc1. The molecule has 1 fully saturated rings. The first-order chi connectivity index (χ1) is 10.1. The van der Waals surface area contributed by atoms with Crippen molar-refractivity contribution in [3.05, 3.63) is 18.7 Å². The van der Waals surface area contributed by atoms with Crippen molar-refractivity contribution in [2.24, 2.45) is 5.92 Å². The number of imidazole rings is 1. The van der Waals surface area contributed by atoms with Crippen molar-refractivity contribution in [2.75, 3.05) is 0 Å². The van der Waals surface area contributed by atoms with E-state index in [0.29, 0.717) is 19.3 Å². The Morgan fingerprint density at radius 2 is 2.29 bits per heavy atom. The molecule has 0 spiro atoms. The average molecular weight is 293 g/mol. The molecule has 6 nitrogen and oxygen atoms in total. The third-order valence-electron chi connectivity index (χ3n) is 4.14. The minimum absolute atomic E-state index is 0.00168. The van der Waals surface area contributed by atoms with E-state index < -0.39 is 5.97 Å². The summed E-state index contributed by atoms with van der Waals surface area (Å²) in [5.41, 5.74) is 0. The highest BCUT2D eigenvalue weighted by molar-refractivity contribution is 5.77.